The molecule has 0 saturated carbocycles. The van der Waals surface area contributed by atoms with Gasteiger partial charge in [-0.3, -0.25) is 0 Å². The molecule has 0 bridgehead atoms. The van der Waals surface area contributed by atoms with Gasteiger partial charge in [0.05, 0.1) is 0 Å². The maximum absolute atomic E-state index is 10.6. The molecule has 0 spiro atoms. The van der Waals surface area contributed by atoms with Crippen LogP contribution in [0.15, 0.2) is 0 Å². The summed E-state index contributed by atoms with van der Waals surface area (Å²) in [5.41, 5.74) is 4.80. The van der Waals surface area contributed by atoms with E-state index in [1.807, 2.05) is 0 Å². The fourth-order valence-corrected chi connectivity index (χ4v) is 0.132. The standard InChI is InChI=1S/C3H9NO2.C2HF3O2/c4-3(6)1-2-5;3-2(4,5)1(6)7/h3,5-6H,1-2,4H2;(H,6,7). The SMILES string of the molecule is NC(O)CCO.O=C(O)C(F)(F)F. The Morgan fingerprint density at radius 1 is 1.46 bits per heavy atom. The minimum absolute atomic E-state index is 0.0440. The van der Waals surface area contributed by atoms with E-state index in [-0.39, 0.29) is 13.0 Å². The van der Waals surface area contributed by atoms with E-state index in [2.05, 4.69) is 0 Å². The van der Waals surface area contributed by atoms with Crippen LogP contribution in [0, 0.1) is 0 Å². The Labute approximate surface area is 71.6 Å². The van der Waals surface area contributed by atoms with Crippen LogP contribution in [0.2, 0.25) is 0 Å². The molecule has 0 aromatic rings. The molecule has 0 amide bonds. The van der Waals surface area contributed by atoms with Crippen molar-refractivity contribution < 1.29 is 33.3 Å². The highest BCUT2D eigenvalue weighted by molar-refractivity contribution is 5.73. The number of hydrogen-bond acceptors (Lipinski definition) is 4. The third-order valence-electron chi connectivity index (χ3n) is 0.667. The van der Waals surface area contributed by atoms with E-state index in [1.54, 1.807) is 0 Å². The molecule has 0 aliphatic rings. The van der Waals surface area contributed by atoms with Crippen molar-refractivity contribution in [2.45, 2.75) is 18.8 Å². The van der Waals surface area contributed by atoms with Gasteiger partial charge in [-0.2, -0.15) is 13.2 Å². The number of carboxylic acids is 1. The highest BCUT2D eigenvalue weighted by atomic mass is 19.4. The lowest BCUT2D eigenvalue weighted by Crippen LogP contribution is -2.21. The highest BCUT2D eigenvalue weighted by Crippen LogP contribution is 2.13. The van der Waals surface area contributed by atoms with Gasteiger partial charge in [-0.05, 0) is 0 Å². The van der Waals surface area contributed by atoms with Crippen molar-refractivity contribution in [3.63, 3.8) is 0 Å². The first-order valence-electron chi connectivity index (χ1n) is 3.06. The molecule has 13 heavy (non-hydrogen) atoms. The summed E-state index contributed by atoms with van der Waals surface area (Å²) in [4.78, 5) is 8.90. The summed E-state index contributed by atoms with van der Waals surface area (Å²) in [5.74, 6) is -2.76. The molecule has 5 nitrogen and oxygen atoms in total. The molecule has 80 valence electrons. The van der Waals surface area contributed by atoms with Gasteiger partial charge < -0.3 is 21.1 Å². The monoisotopic (exact) mass is 205 g/mol. The van der Waals surface area contributed by atoms with Crippen LogP contribution in [0.4, 0.5) is 13.2 Å². The predicted molar refractivity (Wildman–Crippen MR) is 35.6 cm³/mol. The number of aliphatic hydroxyl groups is 2. The fraction of sp³-hybridized carbons (Fsp3) is 0.800. The number of alkyl halides is 3. The number of rotatable bonds is 2. The Morgan fingerprint density at radius 2 is 1.77 bits per heavy atom. The largest absolute Gasteiger partial charge is 0.490 e. The summed E-state index contributed by atoms with van der Waals surface area (Å²) in [6.07, 6.45) is -5.67. The van der Waals surface area contributed by atoms with Gasteiger partial charge in [-0.1, -0.05) is 0 Å². The van der Waals surface area contributed by atoms with E-state index in [4.69, 9.17) is 25.8 Å². The predicted octanol–water partition coefficient (Wildman–Crippen LogP) is -0.721. The average Bonchev–Trinajstić information content (AvgIpc) is 1.85. The molecule has 5 N–H and O–H groups in total. The zero-order valence-corrected chi connectivity index (χ0v) is 6.45. The van der Waals surface area contributed by atoms with Crippen molar-refractivity contribution in [1.82, 2.24) is 0 Å². The highest BCUT2D eigenvalue weighted by Gasteiger charge is 2.38. The summed E-state index contributed by atoms with van der Waals surface area (Å²) in [7, 11) is 0. The molecule has 0 aliphatic heterocycles. The van der Waals surface area contributed by atoms with Gasteiger partial charge in [0.25, 0.3) is 0 Å². The lowest BCUT2D eigenvalue weighted by molar-refractivity contribution is -0.192. The van der Waals surface area contributed by atoms with Crippen LogP contribution in [0.25, 0.3) is 0 Å². The zero-order chi connectivity index (χ0) is 11.1. The van der Waals surface area contributed by atoms with E-state index in [1.165, 1.54) is 0 Å². The second-order valence-electron chi connectivity index (χ2n) is 1.88. The van der Waals surface area contributed by atoms with Gasteiger partial charge >= 0.3 is 12.1 Å². The van der Waals surface area contributed by atoms with Crippen molar-refractivity contribution in [3.05, 3.63) is 0 Å². The lowest BCUT2D eigenvalue weighted by Gasteiger charge is -1.95. The number of hydrogen-bond donors (Lipinski definition) is 4. The van der Waals surface area contributed by atoms with E-state index < -0.39 is 18.4 Å². The van der Waals surface area contributed by atoms with Gasteiger partial charge in [0, 0.05) is 13.0 Å². The second kappa shape index (κ2) is 6.63. The third-order valence-corrected chi connectivity index (χ3v) is 0.667. The summed E-state index contributed by atoms with van der Waals surface area (Å²) < 4.78 is 31.7. The van der Waals surface area contributed by atoms with Crippen LogP contribution in [0.1, 0.15) is 6.42 Å². The average molecular weight is 205 g/mol. The quantitative estimate of drug-likeness (QED) is 0.445. The smallest absolute Gasteiger partial charge is 0.475 e. The molecule has 0 heterocycles. The van der Waals surface area contributed by atoms with Crippen molar-refractivity contribution in [3.8, 4) is 0 Å². The first-order chi connectivity index (χ1) is 5.71. The summed E-state index contributed by atoms with van der Waals surface area (Å²) in [5, 5.41) is 23.3. The van der Waals surface area contributed by atoms with Crippen LogP contribution in [0.3, 0.4) is 0 Å². The molecule has 0 rings (SSSR count). The van der Waals surface area contributed by atoms with E-state index >= 15 is 0 Å². The Balaban J connectivity index is 0. The first kappa shape index (κ1) is 14.7. The molecule has 0 saturated heterocycles. The fourth-order valence-electron chi connectivity index (χ4n) is 0.132. The van der Waals surface area contributed by atoms with Crippen LogP contribution in [-0.4, -0.2) is 40.3 Å². The molecular weight excluding hydrogens is 195 g/mol. The van der Waals surface area contributed by atoms with Gasteiger partial charge in [0.15, 0.2) is 0 Å². The van der Waals surface area contributed by atoms with Gasteiger partial charge in [0.2, 0.25) is 0 Å². The second-order valence-corrected chi connectivity index (χ2v) is 1.88. The van der Waals surface area contributed by atoms with Crippen LogP contribution in [0.5, 0.6) is 0 Å². The summed E-state index contributed by atoms with van der Waals surface area (Å²) in [6.45, 7) is -0.0440. The maximum atomic E-state index is 10.6. The Morgan fingerprint density at radius 3 is 1.77 bits per heavy atom. The third kappa shape index (κ3) is 14.0. The molecule has 0 aromatic carbocycles. The molecular formula is C5H10F3NO4. The zero-order valence-electron chi connectivity index (χ0n) is 6.45. The number of nitrogens with two attached hydrogens (primary N) is 1. The van der Waals surface area contributed by atoms with E-state index in [0.717, 1.165) is 0 Å². The molecule has 1 atom stereocenters. The number of carbonyl (C=O) groups is 1. The van der Waals surface area contributed by atoms with Crippen LogP contribution < -0.4 is 5.73 Å². The maximum Gasteiger partial charge on any atom is 0.490 e. The van der Waals surface area contributed by atoms with Gasteiger partial charge in [0.1, 0.15) is 6.23 Å². The van der Waals surface area contributed by atoms with Gasteiger partial charge in [-0.25, -0.2) is 4.79 Å². The molecule has 0 fully saturated rings. The van der Waals surface area contributed by atoms with Crippen molar-refractivity contribution >= 4 is 5.97 Å². The lowest BCUT2D eigenvalue weighted by atomic mass is 10.4. The Hall–Kier alpha value is -0.860. The minimum Gasteiger partial charge on any atom is -0.475 e. The van der Waals surface area contributed by atoms with E-state index in [0.29, 0.717) is 0 Å². The number of carboxylic acid groups (broad SMARTS) is 1. The topological polar surface area (TPSA) is 104 Å². The molecule has 0 aromatic heterocycles. The van der Waals surface area contributed by atoms with Crippen molar-refractivity contribution in [1.29, 1.82) is 0 Å². The Bertz CT molecular complexity index is 147. The molecule has 0 aliphatic carbocycles. The van der Waals surface area contributed by atoms with E-state index in [9.17, 15) is 13.2 Å². The normalized spacial score (nSPS) is 12.8. The van der Waals surface area contributed by atoms with Crippen LogP contribution in [-0.2, 0) is 4.79 Å². The van der Waals surface area contributed by atoms with Crippen molar-refractivity contribution in [2.75, 3.05) is 6.61 Å². The molecule has 0 radical (unpaired) electrons. The van der Waals surface area contributed by atoms with Crippen molar-refractivity contribution in [2.24, 2.45) is 5.73 Å². The molecule has 8 heteroatoms. The number of aliphatic hydroxyl groups excluding tert-OH is 2. The minimum atomic E-state index is -5.08. The molecule has 1 unspecified atom stereocenters. The summed E-state index contributed by atoms with van der Waals surface area (Å²) >= 11 is 0. The van der Waals surface area contributed by atoms with Gasteiger partial charge in [-0.15, -0.1) is 0 Å². The number of halogens is 3. The number of aliphatic carboxylic acids is 1. The Kier molecular flexibility index (Phi) is 7.48. The van der Waals surface area contributed by atoms with Crippen LogP contribution >= 0.6 is 0 Å². The summed E-state index contributed by atoms with van der Waals surface area (Å²) in [6, 6.07) is 0. The first-order valence-corrected chi connectivity index (χ1v) is 3.06.